The number of sulfonamides is 1. The lowest BCUT2D eigenvalue weighted by Crippen LogP contribution is -2.45. The molecule has 0 saturated heterocycles. The number of amides is 1. The summed E-state index contributed by atoms with van der Waals surface area (Å²) in [6.07, 6.45) is 0. The Hall–Kier alpha value is -1.80. The summed E-state index contributed by atoms with van der Waals surface area (Å²) < 4.78 is 36.7. The molecule has 1 aliphatic rings. The van der Waals surface area contributed by atoms with Crippen LogP contribution in [0.15, 0.2) is 18.2 Å². The summed E-state index contributed by atoms with van der Waals surface area (Å²) in [6.45, 7) is 7.53. The molecule has 0 spiro atoms. The smallest absolute Gasteiger partial charge is 0.251 e. The van der Waals surface area contributed by atoms with Crippen molar-refractivity contribution in [3.05, 3.63) is 23.8 Å². The SMILES string of the molecule is CC(C)N(C(C)C)S(=O)(=O)CCNC(=O)c1ccc2c(c1)OCO2. The lowest BCUT2D eigenvalue weighted by atomic mass is 10.2. The number of carbonyl (C=O) groups is 1. The molecule has 0 aromatic heterocycles. The van der Waals surface area contributed by atoms with E-state index < -0.39 is 10.0 Å². The van der Waals surface area contributed by atoms with Crippen molar-refractivity contribution in [3.8, 4) is 11.5 Å². The third kappa shape index (κ3) is 4.18. The van der Waals surface area contributed by atoms with Crippen LogP contribution in [0.3, 0.4) is 0 Å². The monoisotopic (exact) mass is 356 g/mol. The van der Waals surface area contributed by atoms with Crippen molar-refractivity contribution in [1.29, 1.82) is 0 Å². The van der Waals surface area contributed by atoms with Crippen LogP contribution in [0.1, 0.15) is 38.1 Å². The summed E-state index contributed by atoms with van der Waals surface area (Å²) in [4.78, 5) is 12.2. The highest BCUT2D eigenvalue weighted by Crippen LogP contribution is 2.32. The third-order valence-electron chi connectivity index (χ3n) is 3.62. The standard InChI is InChI=1S/C16H24N2O5S/c1-11(2)18(12(3)4)24(20,21)8-7-17-16(19)13-5-6-14-15(9-13)23-10-22-14/h5-6,9,11-12H,7-8,10H2,1-4H3,(H,17,19). The van der Waals surface area contributed by atoms with Gasteiger partial charge in [0.15, 0.2) is 11.5 Å². The molecule has 0 fully saturated rings. The zero-order chi connectivity index (χ0) is 17.9. The van der Waals surface area contributed by atoms with E-state index in [0.29, 0.717) is 17.1 Å². The molecule has 1 aromatic carbocycles. The Morgan fingerprint density at radius 2 is 1.79 bits per heavy atom. The van der Waals surface area contributed by atoms with E-state index in [4.69, 9.17) is 9.47 Å². The van der Waals surface area contributed by atoms with Gasteiger partial charge in [-0.3, -0.25) is 4.79 Å². The summed E-state index contributed by atoms with van der Waals surface area (Å²) in [7, 11) is -3.43. The summed E-state index contributed by atoms with van der Waals surface area (Å²) in [5, 5.41) is 2.64. The van der Waals surface area contributed by atoms with Crippen molar-refractivity contribution in [3.63, 3.8) is 0 Å². The van der Waals surface area contributed by atoms with E-state index in [-0.39, 0.29) is 37.1 Å². The van der Waals surface area contributed by atoms with E-state index in [9.17, 15) is 13.2 Å². The summed E-state index contributed by atoms with van der Waals surface area (Å²) in [6, 6.07) is 4.61. The first kappa shape index (κ1) is 18.5. The second-order valence-electron chi connectivity index (χ2n) is 6.16. The van der Waals surface area contributed by atoms with Crippen LogP contribution in [0, 0.1) is 0 Å². The summed E-state index contributed by atoms with van der Waals surface area (Å²) in [5.41, 5.74) is 0.404. The quantitative estimate of drug-likeness (QED) is 0.802. The Labute approximate surface area is 143 Å². The van der Waals surface area contributed by atoms with E-state index in [0.717, 1.165) is 0 Å². The molecule has 2 rings (SSSR count). The molecule has 1 N–H and O–H groups in total. The fraction of sp³-hybridized carbons (Fsp3) is 0.562. The van der Waals surface area contributed by atoms with Crippen LogP contribution >= 0.6 is 0 Å². The van der Waals surface area contributed by atoms with E-state index in [1.165, 1.54) is 4.31 Å². The minimum absolute atomic E-state index is 0.0472. The predicted molar refractivity (Wildman–Crippen MR) is 90.8 cm³/mol. The number of benzene rings is 1. The Morgan fingerprint density at radius 1 is 1.17 bits per heavy atom. The van der Waals surface area contributed by atoms with Gasteiger partial charge in [-0.2, -0.15) is 4.31 Å². The minimum atomic E-state index is -3.43. The van der Waals surface area contributed by atoms with Gasteiger partial charge in [0, 0.05) is 24.2 Å². The van der Waals surface area contributed by atoms with Crippen molar-refractivity contribution in [2.24, 2.45) is 0 Å². The molecule has 0 aliphatic carbocycles. The molecule has 1 aliphatic heterocycles. The van der Waals surface area contributed by atoms with Gasteiger partial charge >= 0.3 is 0 Å². The molecular weight excluding hydrogens is 332 g/mol. The normalized spacial score (nSPS) is 13.8. The first-order chi connectivity index (χ1) is 11.2. The van der Waals surface area contributed by atoms with Gasteiger partial charge in [-0.1, -0.05) is 0 Å². The van der Waals surface area contributed by atoms with E-state index in [2.05, 4.69) is 5.32 Å². The van der Waals surface area contributed by atoms with Crippen LogP contribution in [0.25, 0.3) is 0 Å². The Kier molecular flexibility index (Phi) is 5.71. The topological polar surface area (TPSA) is 84.9 Å². The number of fused-ring (bicyclic) bond motifs is 1. The number of rotatable bonds is 7. The predicted octanol–water partition coefficient (Wildman–Crippen LogP) is 1.59. The third-order valence-corrected chi connectivity index (χ3v) is 5.83. The number of nitrogens with zero attached hydrogens (tertiary/aromatic N) is 1. The van der Waals surface area contributed by atoms with Gasteiger partial charge in [0.25, 0.3) is 5.91 Å². The van der Waals surface area contributed by atoms with Gasteiger partial charge in [0.2, 0.25) is 16.8 Å². The van der Waals surface area contributed by atoms with E-state index >= 15 is 0 Å². The number of carbonyl (C=O) groups excluding carboxylic acids is 1. The zero-order valence-electron chi connectivity index (χ0n) is 14.4. The van der Waals surface area contributed by atoms with E-state index in [1.54, 1.807) is 18.2 Å². The van der Waals surface area contributed by atoms with Gasteiger partial charge < -0.3 is 14.8 Å². The minimum Gasteiger partial charge on any atom is -0.454 e. The zero-order valence-corrected chi connectivity index (χ0v) is 15.2. The van der Waals surface area contributed by atoms with Crippen molar-refractivity contribution in [2.45, 2.75) is 39.8 Å². The molecule has 7 nitrogen and oxygen atoms in total. The van der Waals surface area contributed by atoms with Crippen LogP contribution in [0.4, 0.5) is 0 Å². The van der Waals surface area contributed by atoms with Gasteiger partial charge in [-0.25, -0.2) is 8.42 Å². The Bertz CT molecular complexity index is 692. The molecule has 0 saturated carbocycles. The van der Waals surface area contributed by atoms with Gasteiger partial charge in [-0.15, -0.1) is 0 Å². The van der Waals surface area contributed by atoms with Crippen LogP contribution < -0.4 is 14.8 Å². The fourth-order valence-electron chi connectivity index (χ4n) is 2.78. The van der Waals surface area contributed by atoms with Crippen LogP contribution in [-0.2, 0) is 10.0 Å². The van der Waals surface area contributed by atoms with Crippen molar-refractivity contribution in [2.75, 3.05) is 19.1 Å². The number of ether oxygens (including phenoxy) is 2. The molecule has 134 valence electrons. The molecule has 1 aromatic rings. The lowest BCUT2D eigenvalue weighted by Gasteiger charge is -2.29. The number of nitrogens with one attached hydrogen (secondary N) is 1. The summed E-state index contributed by atoms with van der Waals surface area (Å²) in [5.74, 6) is 0.628. The highest BCUT2D eigenvalue weighted by atomic mass is 32.2. The average molecular weight is 356 g/mol. The molecule has 1 amide bonds. The van der Waals surface area contributed by atoms with Gasteiger partial charge in [-0.05, 0) is 45.9 Å². The van der Waals surface area contributed by atoms with Gasteiger partial charge in [0.1, 0.15) is 0 Å². The van der Waals surface area contributed by atoms with Crippen LogP contribution in [-0.4, -0.2) is 49.8 Å². The number of hydrogen-bond acceptors (Lipinski definition) is 5. The molecule has 8 heteroatoms. The molecule has 0 radical (unpaired) electrons. The second-order valence-corrected chi connectivity index (χ2v) is 8.15. The maximum Gasteiger partial charge on any atom is 0.251 e. The molecule has 0 atom stereocenters. The maximum absolute atomic E-state index is 12.4. The van der Waals surface area contributed by atoms with Crippen molar-refractivity contribution >= 4 is 15.9 Å². The molecule has 0 unspecified atom stereocenters. The van der Waals surface area contributed by atoms with Crippen molar-refractivity contribution < 1.29 is 22.7 Å². The maximum atomic E-state index is 12.4. The fourth-order valence-corrected chi connectivity index (χ4v) is 4.63. The highest BCUT2D eigenvalue weighted by Gasteiger charge is 2.27. The molecule has 0 bridgehead atoms. The molecule has 24 heavy (non-hydrogen) atoms. The number of hydrogen-bond donors (Lipinski definition) is 1. The van der Waals surface area contributed by atoms with Crippen molar-refractivity contribution in [1.82, 2.24) is 9.62 Å². The van der Waals surface area contributed by atoms with E-state index in [1.807, 2.05) is 27.7 Å². The van der Waals surface area contributed by atoms with Gasteiger partial charge in [0.05, 0.1) is 5.75 Å². The first-order valence-corrected chi connectivity index (χ1v) is 9.52. The molecular formula is C16H24N2O5S. The molecule has 1 heterocycles. The first-order valence-electron chi connectivity index (χ1n) is 7.91. The van der Waals surface area contributed by atoms with Crippen LogP contribution in [0.2, 0.25) is 0 Å². The largest absolute Gasteiger partial charge is 0.454 e. The Morgan fingerprint density at radius 3 is 2.42 bits per heavy atom. The average Bonchev–Trinajstić information content (AvgIpc) is 2.92. The lowest BCUT2D eigenvalue weighted by molar-refractivity contribution is 0.0955. The summed E-state index contributed by atoms with van der Waals surface area (Å²) >= 11 is 0. The van der Waals surface area contributed by atoms with Crippen LogP contribution in [0.5, 0.6) is 11.5 Å². The second kappa shape index (κ2) is 7.40. The Balaban J connectivity index is 1.94. The highest BCUT2D eigenvalue weighted by molar-refractivity contribution is 7.89.